The van der Waals surface area contributed by atoms with E-state index in [0.717, 1.165) is 13.2 Å². The molecule has 1 aliphatic carbocycles. The Morgan fingerprint density at radius 2 is 1.58 bits per heavy atom. The van der Waals surface area contributed by atoms with E-state index in [1.165, 1.54) is 60.9 Å². The zero-order chi connectivity index (χ0) is 22.5. The molecule has 2 aromatic carbocycles. The second kappa shape index (κ2) is 10.5. The number of benzene rings is 2. The van der Waals surface area contributed by atoms with E-state index in [0.29, 0.717) is 24.0 Å². The highest BCUT2D eigenvalue weighted by atomic mass is 16.5. The van der Waals surface area contributed by atoms with Crippen LogP contribution in [-0.2, 0) is 4.74 Å². The third-order valence-electron chi connectivity index (χ3n) is 7.73. The Balaban J connectivity index is 1.23. The predicted octanol–water partition coefficient (Wildman–Crippen LogP) is 7.10. The van der Waals surface area contributed by atoms with Crippen molar-refractivity contribution in [1.29, 1.82) is 0 Å². The standard InChI is InChI=1S/C30H36N2O/c1-23-9-8-18-32(28-19-27(20-31-21-28)25-12-6-3-7-13-25)30(23)22-33-29-16-14-26(15-17-29)24-10-4-2-5-11-24/h2-7,10-13,19-21,23,26,29-30H,8-9,14-18,22H2,1H3. The van der Waals surface area contributed by atoms with Crippen LogP contribution in [0, 0.1) is 5.92 Å². The van der Waals surface area contributed by atoms with Gasteiger partial charge in [-0.3, -0.25) is 4.98 Å². The summed E-state index contributed by atoms with van der Waals surface area (Å²) in [6.07, 6.45) is 11.7. The summed E-state index contributed by atoms with van der Waals surface area (Å²) >= 11 is 0. The van der Waals surface area contributed by atoms with Crippen molar-refractivity contribution >= 4 is 5.69 Å². The number of piperidine rings is 1. The van der Waals surface area contributed by atoms with Crippen molar-refractivity contribution in [2.45, 2.75) is 63.5 Å². The van der Waals surface area contributed by atoms with Gasteiger partial charge in [0.1, 0.15) is 0 Å². The Morgan fingerprint density at radius 3 is 2.33 bits per heavy atom. The Morgan fingerprint density at radius 1 is 0.848 bits per heavy atom. The van der Waals surface area contributed by atoms with Gasteiger partial charge in [-0.05, 0) is 67.6 Å². The van der Waals surface area contributed by atoms with Crippen molar-refractivity contribution < 1.29 is 4.74 Å². The van der Waals surface area contributed by atoms with Crippen LogP contribution in [0.2, 0.25) is 0 Å². The molecule has 3 nitrogen and oxygen atoms in total. The van der Waals surface area contributed by atoms with Crippen molar-refractivity contribution in [3.05, 3.63) is 84.7 Å². The van der Waals surface area contributed by atoms with Gasteiger partial charge in [0, 0.05) is 18.3 Å². The van der Waals surface area contributed by atoms with Gasteiger partial charge in [-0.25, -0.2) is 0 Å². The molecule has 1 aromatic heterocycles. The molecule has 1 saturated heterocycles. The van der Waals surface area contributed by atoms with Gasteiger partial charge in [0.05, 0.1) is 30.6 Å². The zero-order valence-corrected chi connectivity index (χ0v) is 19.8. The van der Waals surface area contributed by atoms with Gasteiger partial charge < -0.3 is 9.64 Å². The van der Waals surface area contributed by atoms with E-state index in [2.05, 4.69) is 83.5 Å². The minimum absolute atomic E-state index is 0.398. The Labute approximate surface area is 198 Å². The molecule has 1 aliphatic heterocycles. The molecular weight excluding hydrogens is 404 g/mol. The molecule has 33 heavy (non-hydrogen) atoms. The van der Waals surface area contributed by atoms with Crippen LogP contribution in [0.4, 0.5) is 5.69 Å². The lowest BCUT2D eigenvalue weighted by Crippen LogP contribution is -2.48. The summed E-state index contributed by atoms with van der Waals surface area (Å²) < 4.78 is 6.58. The van der Waals surface area contributed by atoms with Crippen molar-refractivity contribution in [2.24, 2.45) is 5.92 Å². The van der Waals surface area contributed by atoms with Gasteiger partial charge in [0.15, 0.2) is 0 Å². The van der Waals surface area contributed by atoms with E-state index in [1.807, 2.05) is 12.4 Å². The maximum atomic E-state index is 6.58. The first-order chi connectivity index (χ1) is 16.3. The molecule has 3 aromatic rings. The quantitative estimate of drug-likeness (QED) is 0.409. The van der Waals surface area contributed by atoms with E-state index < -0.39 is 0 Å². The molecule has 0 bridgehead atoms. The van der Waals surface area contributed by atoms with Crippen molar-refractivity contribution in [1.82, 2.24) is 4.98 Å². The Hall–Kier alpha value is -2.65. The van der Waals surface area contributed by atoms with Crippen molar-refractivity contribution in [3.63, 3.8) is 0 Å². The predicted molar refractivity (Wildman–Crippen MR) is 137 cm³/mol. The van der Waals surface area contributed by atoms with Gasteiger partial charge in [0.2, 0.25) is 0 Å². The molecule has 0 amide bonds. The summed E-state index contributed by atoms with van der Waals surface area (Å²) in [5, 5.41) is 0. The summed E-state index contributed by atoms with van der Waals surface area (Å²) in [6.45, 7) is 4.29. The molecular formula is C30H36N2O. The van der Waals surface area contributed by atoms with Crippen LogP contribution < -0.4 is 4.90 Å². The highest BCUT2D eigenvalue weighted by Crippen LogP contribution is 2.35. The van der Waals surface area contributed by atoms with Gasteiger partial charge in [-0.15, -0.1) is 0 Å². The number of rotatable bonds is 6. The second-order valence-electron chi connectivity index (χ2n) is 9.90. The molecule has 1 saturated carbocycles. The largest absolute Gasteiger partial charge is 0.376 e. The first-order valence-electron chi connectivity index (χ1n) is 12.7. The topological polar surface area (TPSA) is 25.4 Å². The Bertz CT molecular complexity index is 998. The van der Waals surface area contributed by atoms with E-state index in [-0.39, 0.29) is 0 Å². The molecule has 0 N–H and O–H groups in total. The number of nitrogens with zero attached hydrogens (tertiary/aromatic N) is 2. The molecule has 2 unspecified atom stereocenters. The third kappa shape index (κ3) is 5.30. The summed E-state index contributed by atoms with van der Waals surface area (Å²) in [5.74, 6) is 1.32. The lowest BCUT2D eigenvalue weighted by atomic mass is 9.82. The summed E-state index contributed by atoms with van der Waals surface area (Å²) in [5.41, 5.74) is 5.13. The number of aromatic nitrogens is 1. The molecule has 0 spiro atoms. The van der Waals surface area contributed by atoms with Crippen LogP contribution >= 0.6 is 0 Å². The van der Waals surface area contributed by atoms with Crippen molar-refractivity contribution in [3.8, 4) is 11.1 Å². The first kappa shape index (κ1) is 22.2. The minimum atomic E-state index is 0.398. The molecule has 2 atom stereocenters. The Kier molecular flexibility index (Phi) is 7.06. The number of hydrogen-bond donors (Lipinski definition) is 0. The number of ether oxygens (including phenoxy) is 1. The minimum Gasteiger partial charge on any atom is -0.376 e. The lowest BCUT2D eigenvalue weighted by Gasteiger charge is -2.42. The normalized spacial score (nSPS) is 25.7. The van der Waals surface area contributed by atoms with E-state index in [9.17, 15) is 0 Å². The summed E-state index contributed by atoms with van der Waals surface area (Å²) in [7, 11) is 0. The van der Waals surface area contributed by atoms with Crippen LogP contribution in [0.1, 0.15) is 56.9 Å². The maximum absolute atomic E-state index is 6.58. The van der Waals surface area contributed by atoms with Crippen LogP contribution in [0.3, 0.4) is 0 Å². The molecule has 0 radical (unpaired) electrons. The van der Waals surface area contributed by atoms with Crippen molar-refractivity contribution in [2.75, 3.05) is 18.1 Å². The molecule has 2 aliphatic rings. The maximum Gasteiger partial charge on any atom is 0.0676 e. The van der Waals surface area contributed by atoms with Gasteiger partial charge in [-0.1, -0.05) is 67.6 Å². The average Bonchev–Trinajstić information content (AvgIpc) is 2.89. The molecule has 172 valence electrons. The van der Waals surface area contributed by atoms with Crippen LogP contribution in [0.25, 0.3) is 11.1 Å². The van der Waals surface area contributed by atoms with Crippen LogP contribution in [0.5, 0.6) is 0 Å². The molecule has 3 heteroatoms. The fraction of sp³-hybridized carbons (Fsp3) is 0.433. The summed E-state index contributed by atoms with van der Waals surface area (Å²) in [4.78, 5) is 7.16. The van der Waals surface area contributed by atoms with Gasteiger partial charge in [-0.2, -0.15) is 0 Å². The lowest BCUT2D eigenvalue weighted by molar-refractivity contribution is 0.00674. The van der Waals surface area contributed by atoms with E-state index >= 15 is 0 Å². The number of anilines is 1. The second-order valence-corrected chi connectivity index (χ2v) is 9.90. The molecule has 5 rings (SSSR count). The van der Waals surface area contributed by atoms with E-state index in [4.69, 9.17) is 4.74 Å². The fourth-order valence-corrected chi connectivity index (χ4v) is 5.72. The molecule has 2 fully saturated rings. The summed E-state index contributed by atoms with van der Waals surface area (Å²) in [6, 6.07) is 24.3. The first-order valence-corrected chi connectivity index (χ1v) is 12.7. The molecule has 2 heterocycles. The fourth-order valence-electron chi connectivity index (χ4n) is 5.72. The third-order valence-corrected chi connectivity index (χ3v) is 7.73. The van der Waals surface area contributed by atoms with E-state index in [1.54, 1.807) is 0 Å². The number of hydrogen-bond acceptors (Lipinski definition) is 3. The SMILES string of the molecule is CC1CCCN(c2cncc(-c3ccccc3)c2)C1COC1CCC(c2ccccc2)CC1. The van der Waals surface area contributed by atoms with Gasteiger partial charge in [0.25, 0.3) is 0 Å². The highest BCUT2D eigenvalue weighted by Gasteiger charge is 2.31. The highest BCUT2D eigenvalue weighted by molar-refractivity contribution is 5.67. The smallest absolute Gasteiger partial charge is 0.0676 e. The van der Waals surface area contributed by atoms with Crippen LogP contribution in [0.15, 0.2) is 79.1 Å². The number of pyridine rings is 1. The van der Waals surface area contributed by atoms with Crippen LogP contribution in [-0.4, -0.2) is 30.3 Å². The van der Waals surface area contributed by atoms with Gasteiger partial charge >= 0.3 is 0 Å². The zero-order valence-electron chi connectivity index (χ0n) is 19.8. The monoisotopic (exact) mass is 440 g/mol. The average molecular weight is 441 g/mol.